The molecule has 6 heteroatoms. The van der Waals surface area contributed by atoms with E-state index in [-0.39, 0.29) is 0 Å². The van der Waals surface area contributed by atoms with E-state index in [1.807, 2.05) is 24.3 Å². The lowest BCUT2D eigenvalue weighted by atomic mass is 10.1. The predicted molar refractivity (Wildman–Crippen MR) is 121 cm³/mol. The summed E-state index contributed by atoms with van der Waals surface area (Å²) in [5.74, 6) is 0.811. The Labute approximate surface area is 186 Å². The lowest BCUT2D eigenvalue weighted by molar-refractivity contribution is 0.301. The van der Waals surface area contributed by atoms with Crippen molar-refractivity contribution < 1.29 is 4.74 Å². The Morgan fingerprint density at radius 1 is 0.926 bits per heavy atom. The minimum absolute atomic E-state index is 0.500. The molecule has 1 N–H and O–H groups in total. The second-order valence-electron chi connectivity index (χ2n) is 6.13. The first-order valence-corrected chi connectivity index (χ1v) is 10.6. The van der Waals surface area contributed by atoms with Gasteiger partial charge in [-0.2, -0.15) is 0 Å². The molecule has 0 atom stereocenters. The van der Waals surface area contributed by atoms with Gasteiger partial charge >= 0.3 is 0 Å². The smallest absolute Gasteiger partial charge is 0.139 e. The molecule has 0 saturated heterocycles. The maximum absolute atomic E-state index is 6.13. The van der Waals surface area contributed by atoms with E-state index >= 15 is 0 Å². The topological polar surface area (TPSA) is 21.3 Å². The van der Waals surface area contributed by atoms with E-state index in [1.54, 1.807) is 6.07 Å². The summed E-state index contributed by atoms with van der Waals surface area (Å²) in [7, 11) is 0. The highest BCUT2D eigenvalue weighted by molar-refractivity contribution is 9.11. The number of benzene rings is 3. The summed E-state index contributed by atoms with van der Waals surface area (Å²) in [5, 5.41) is 4.42. The molecule has 140 valence electrons. The molecule has 0 heterocycles. The molecule has 2 nitrogen and oxygen atoms in total. The van der Waals surface area contributed by atoms with Gasteiger partial charge in [-0.05, 0) is 58.7 Å². The Hall–Kier alpha value is -1.20. The van der Waals surface area contributed by atoms with Crippen LogP contribution >= 0.6 is 55.1 Å². The van der Waals surface area contributed by atoms with Crippen molar-refractivity contribution in [1.29, 1.82) is 0 Å². The first kappa shape index (κ1) is 20.5. The molecule has 3 aromatic rings. The van der Waals surface area contributed by atoms with Gasteiger partial charge in [0.15, 0.2) is 0 Å². The van der Waals surface area contributed by atoms with Crippen LogP contribution < -0.4 is 10.1 Å². The standard InChI is InChI=1S/C21H17Br2Cl2NO/c1-13-2-4-14(5-3-13)12-27-21-15(8-16(22)9-18(21)23)11-26-17-6-7-19(24)20(25)10-17/h2-10,26H,11-12H2,1H3. The summed E-state index contributed by atoms with van der Waals surface area (Å²) < 4.78 is 8.00. The monoisotopic (exact) mass is 527 g/mol. The largest absolute Gasteiger partial charge is 0.487 e. The van der Waals surface area contributed by atoms with Crippen molar-refractivity contribution in [1.82, 2.24) is 0 Å². The fourth-order valence-electron chi connectivity index (χ4n) is 2.55. The van der Waals surface area contributed by atoms with Crippen molar-refractivity contribution in [3.8, 4) is 5.75 Å². The molecule has 0 unspecified atom stereocenters. The van der Waals surface area contributed by atoms with Gasteiger partial charge in [0, 0.05) is 22.3 Å². The first-order chi connectivity index (χ1) is 12.9. The van der Waals surface area contributed by atoms with Crippen LogP contribution in [0.25, 0.3) is 0 Å². The van der Waals surface area contributed by atoms with E-state index < -0.39 is 0 Å². The average molecular weight is 530 g/mol. The van der Waals surface area contributed by atoms with Crippen LogP contribution in [0.15, 0.2) is 63.5 Å². The van der Waals surface area contributed by atoms with E-state index in [1.165, 1.54) is 5.56 Å². The third kappa shape index (κ3) is 5.64. The number of anilines is 1. The highest BCUT2D eigenvalue weighted by atomic mass is 79.9. The molecule has 27 heavy (non-hydrogen) atoms. The average Bonchev–Trinajstić information content (AvgIpc) is 2.63. The van der Waals surface area contributed by atoms with E-state index in [4.69, 9.17) is 27.9 Å². The van der Waals surface area contributed by atoms with Gasteiger partial charge in [-0.1, -0.05) is 69.0 Å². The number of nitrogens with one attached hydrogen (secondary N) is 1. The van der Waals surface area contributed by atoms with Crippen LogP contribution in [0.5, 0.6) is 5.75 Å². The van der Waals surface area contributed by atoms with E-state index in [2.05, 4.69) is 68.4 Å². The summed E-state index contributed by atoms with van der Waals surface area (Å²) >= 11 is 19.2. The number of hydrogen-bond acceptors (Lipinski definition) is 2. The molecule has 0 aliphatic heterocycles. The fraction of sp³-hybridized carbons (Fsp3) is 0.143. The van der Waals surface area contributed by atoms with Gasteiger partial charge in [-0.15, -0.1) is 0 Å². The number of ether oxygens (including phenoxy) is 1. The summed E-state index contributed by atoms with van der Waals surface area (Å²) in [4.78, 5) is 0. The highest BCUT2D eigenvalue weighted by Gasteiger charge is 2.11. The number of hydrogen-bond donors (Lipinski definition) is 1. The zero-order valence-corrected chi connectivity index (χ0v) is 19.2. The van der Waals surface area contributed by atoms with Crippen LogP contribution in [0, 0.1) is 6.92 Å². The molecule has 0 aliphatic carbocycles. The maximum atomic E-state index is 6.13. The van der Waals surface area contributed by atoms with Crippen LogP contribution in [0.4, 0.5) is 5.69 Å². The molecular weight excluding hydrogens is 513 g/mol. The lowest BCUT2D eigenvalue weighted by Gasteiger charge is -2.16. The van der Waals surface area contributed by atoms with Crippen molar-refractivity contribution in [2.75, 3.05) is 5.32 Å². The van der Waals surface area contributed by atoms with Gasteiger partial charge in [0.05, 0.1) is 14.5 Å². The van der Waals surface area contributed by atoms with Crippen molar-refractivity contribution in [3.63, 3.8) is 0 Å². The quantitative estimate of drug-likeness (QED) is 0.349. The lowest BCUT2D eigenvalue weighted by Crippen LogP contribution is -2.05. The molecule has 0 spiro atoms. The minimum atomic E-state index is 0.500. The van der Waals surface area contributed by atoms with Crippen LogP contribution in [0.2, 0.25) is 10.0 Å². The van der Waals surface area contributed by atoms with Crippen molar-refractivity contribution >= 4 is 60.7 Å². The third-order valence-electron chi connectivity index (χ3n) is 3.99. The van der Waals surface area contributed by atoms with E-state index in [0.29, 0.717) is 23.2 Å². The second-order valence-corrected chi connectivity index (χ2v) is 8.72. The minimum Gasteiger partial charge on any atom is -0.487 e. The summed E-state index contributed by atoms with van der Waals surface area (Å²) in [6, 6.07) is 17.8. The van der Waals surface area contributed by atoms with Crippen LogP contribution in [-0.2, 0) is 13.2 Å². The van der Waals surface area contributed by atoms with Crippen molar-refractivity contribution in [2.45, 2.75) is 20.1 Å². The molecule has 0 saturated carbocycles. The van der Waals surface area contributed by atoms with Crippen LogP contribution in [0.1, 0.15) is 16.7 Å². The van der Waals surface area contributed by atoms with Gasteiger partial charge in [-0.25, -0.2) is 0 Å². The Balaban J connectivity index is 1.77. The Kier molecular flexibility index (Phi) is 7.10. The normalized spacial score (nSPS) is 10.7. The Bertz CT molecular complexity index is 946. The zero-order valence-electron chi connectivity index (χ0n) is 14.5. The number of halogens is 4. The molecular formula is C21H17Br2Cl2NO. The first-order valence-electron chi connectivity index (χ1n) is 8.27. The summed E-state index contributed by atoms with van der Waals surface area (Å²) in [5.41, 5.74) is 4.27. The van der Waals surface area contributed by atoms with Crippen LogP contribution in [-0.4, -0.2) is 0 Å². The van der Waals surface area contributed by atoms with E-state index in [0.717, 1.165) is 31.5 Å². The Morgan fingerprint density at radius 3 is 2.37 bits per heavy atom. The van der Waals surface area contributed by atoms with Gasteiger partial charge in [-0.3, -0.25) is 0 Å². The van der Waals surface area contributed by atoms with Gasteiger partial charge in [0.2, 0.25) is 0 Å². The SMILES string of the molecule is Cc1ccc(COc2c(Br)cc(Br)cc2CNc2ccc(Cl)c(Cl)c2)cc1. The van der Waals surface area contributed by atoms with Gasteiger partial charge in [0.25, 0.3) is 0 Å². The maximum Gasteiger partial charge on any atom is 0.139 e. The number of aryl methyl sites for hydroxylation is 1. The zero-order chi connectivity index (χ0) is 19.4. The molecule has 0 amide bonds. The van der Waals surface area contributed by atoms with Gasteiger partial charge in [0.1, 0.15) is 12.4 Å². The molecule has 0 aliphatic rings. The van der Waals surface area contributed by atoms with Crippen molar-refractivity contribution in [3.05, 3.63) is 90.3 Å². The molecule has 0 fully saturated rings. The number of rotatable bonds is 6. The molecule has 3 aromatic carbocycles. The Morgan fingerprint density at radius 2 is 1.67 bits per heavy atom. The van der Waals surface area contributed by atoms with Crippen LogP contribution in [0.3, 0.4) is 0 Å². The second kappa shape index (κ2) is 9.33. The molecule has 0 radical (unpaired) electrons. The molecule has 0 aromatic heterocycles. The highest BCUT2D eigenvalue weighted by Crippen LogP contribution is 2.34. The van der Waals surface area contributed by atoms with E-state index in [9.17, 15) is 0 Å². The van der Waals surface area contributed by atoms with Crippen molar-refractivity contribution in [2.24, 2.45) is 0 Å². The molecule has 0 bridgehead atoms. The molecule has 3 rings (SSSR count). The summed E-state index contributed by atoms with van der Waals surface area (Å²) in [6.07, 6.45) is 0. The third-order valence-corrected chi connectivity index (χ3v) is 5.78. The predicted octanol–water partition coefficient (Wildman–Crippen LogP) is 8.02. The fourth-order valence-corrected chi connectivity index (χ4v) is 4.28. The summed E-state index contributed by atoms with van der Waals surface area (Å²) in [6.45, 7) is 3.16. The van der Waals surface area contributed by atoms with Gasteiger partial charge < -0.3 is 10.1 Å².